The van der Waals surface area contributed by atoms with Crippen LogP contribution in [0.5, 0.6) is 0 Å². The molecule has 2 rings (SSSR count). The van der Waals surface area contributed by atoms with Crippen LogP contribution in [0.15, 0.2) is 0 Å². The summed E-state index contributed by atoms with van der Waals surface area (Å²) < 4.78 is 5.23. The lowest BCUT2D eigenvalue weighted by molar-refractivity contribution is -0.142. The smallest absolute Gasteiger partial charge is 0.320 e. The number of hydrogen-bond donors (Lipinski definition) is 1. The molecule has 3 atom stereocenters. The first-order valence-corrected chi connectivity index (χ1v) is 6.94. The maximum absolute atomic E-state index is 12.6. The van der Waals surface area contributed by atoms with E-state index in [1.165, 1.54) is 4.90 Å². The van der Waals surface area contributed by atoms with Gasteiger partial charge in [-0.05, 0) is 14.0 Å². The van der Waals surface area contributed by atoms with Crippen molar-refractivity contribution in [1.82, 2.24) is 14.7 Å². The number of aliphatic carboxylic acids is 1. The molecule has 0 aromatic carbocycles. The number of carboxylic acid groups (broad SMARTS) is 1. The quantitative estimate of drug-likeness (QED) is 0.759. The minimum atomic E-state index is -0.904. The van der Waals surface area contributed by atoms with E-state index in [-0.39, 0.29) is 24.7 Å². The molecule has 2 aliphatic rings. The Hall–Kier alpha value is -1.34. The summed E-state index contributed by atoms with van der Waals surface area (Å²) in [5.74, 6) is -1.54. The molecular weight excluding hydrogens is 262 g/mol. The summed E-state index contributed by atoms with van der Waals surface area (Å²) >= 11 is 0. The molecule has 0 aliphatic carbocycles. The Morgan fingerprint density at radius 1 is 1.30 bits per heavy atom. The Morgan fingerprint density at radius 3 is 2.60 bits per heavy atom. The fourth-order valence-corrected chi connectivity index (χ4v) is 2.93. The molecule has 2 saturated heterocycles. The van der Waals surface area contributed by atoms with Crippen molar-refractivity contribution in [3.05, 3.63) is 0 Å². The van der Waals surface area contributed by atoms with E-state index in [0.29, 0.717) is 13.2 Å². The van der Waals surface area contributed by atoms with Gasteiger partial charge in [0.15, 0.2) is 0 Å². The molecular formula is C13H23N3O4. The van der Waals surface area contributed by atoms with Crippen molar-refractivity contribution >= 4 is 12.0 Å². The number of hydrogen-bond acceptors (Lipinski definition) is 4. The zero-order chi connectivity index (χ0) is 14.9. The highest BCUT2D eigenvalue weighted by molar-refractivity contribution is 5.77. The van der Waals surface area contributed by atoms with E-state index in [4.69, 9.17) is 4.74 Å². The molecule has 0 aromatic heterocycles. The van der Waals surface area contributed by atoms with Gasteiger partial charge >= 0.3 is 12.0 Å². The Kier molecular flexibility index (Phi) is 4.49. The number of piperazine rings is 1. The van der Waals surface area contributed by atoms with Crippen molar-refractivity contribution < 1.29 is 19.4 Å². The van der Waals surface area contributed by atoms with E-state index in [0.717, 1.165) is 13.1 Å². The molecule has 2 amide bonds. The van der Waals surface area contributed by atoms with Crippen LogP contribution in [0.1, 0.15) is 6.92 Å². The maximum Gasteiger partial charge on any atom is 0.320 e. The van der Waals surface area contributed by atoms with Gasteiger partial charge in [-0.1, -0.05) is 0 Å². The van der Waals surface area contributed by atoms with Gasteiger partial charge in [0.05, 0.1) is 19.3 Å². The van der Waals surface area contributed by atoms with Crippen LogP contribution in [-0.4, -0.2) is 90.8 Å². The highest BCUT2D eigenvalue weighted by Gasteiger charge is 2.40. The van der Waals surface area contributed by atoms with Crippen LogP contribution in [0.3, 0.4) is 0 Å². The monoisotopic (exact) mass is 285 g/mol. The number of carbonyl (C=O) groups is 2. The molecule has 0 aromatic rings. The fraction of sp³-hybridized carbons (Fsp3) is 0.846. The number of rotatable bonds is 2. The molecule has 0 spiro atoms. The van der Waals surface area contributed by atoms with Crippen molar-refractivity contribution in [2.45, 2.75) is 19.0 Å². The summed E-state index contributed by atoms with van der Waals surface area (Å²) in [6.07, 6.45) is 0. The van der Waals surface area contributed by atoms with Crippen molar-refractivity contribution in [2.24, 2.45) is 5.92 Å². The Labute approximate surface area is 119 Å². The summed E-state index contributed by atoms with van der Waals surface area (Å²) in [5.41, 5.74) is 0. The first-order valence-electron chi connectivity index (χ1n) is 6.94. The summed E-state index contributed by atoms with van der Waals surface area (Å²) in [5, 5.41) is 9.17. The molecule has 114 valence electrons. The fourth-order valence-electron chi connectivity index (χ4n) is 2.93. The second kappa shape index (κ2) is 5.97. The largest absolute Gasteiger partial charge is 0.481 e. The SMILES string of the molecule is CC1CN(C)CCN1C(=O)N(C)C1COCC1C(=O)O. The number of carboxylic acids is 1. The van der Waals surface area contributed by atoms with E-state index in [2.05, 4.69) is 4.90 Å². The lowest BCUT2D eigenvalue weighted by Gasteiger charge is -2.41. The maximum atomic E-state index is 12.6. The highest BCUT2D eigenvalue weighted by atomic mass is 16.5. The number of likely N-dealkylation sites (N-methyl/N-ethyl adjacent to an activating group) is 2. The number of ether oxygens (including phenoxy) is 1. The van der Waals surface area contributed by atoms with Gasteiger partial charge in [-0.3, -0.25) is 4.79 Å². The van der Waals surface area contributed by atoms with Gasteiger partial charge in [0.2, 0.25) is 0 Å². The van der Waals surface area contributed by atoms with Crippen LogP contribution < -0.4 is 0 Å². The van der Waals surface area contributed by atoms with Gasteiger partial charge in [0.25, 0.3) is 0 Å². The van der Waals surface area contributed by atoms with Crippen molar-refractivity contribution in [3.63, 3.8) is 0 Å². The van der Waals surface area contributed by atoms with Gasteiger partial charge in [0, 0.05) is 32.7 Å². The van der Waals surface area contributed by atoms with Crippen LogP contribution in [0.2, 0.25) is 0 Å². The van der Waals surface area contributed by atoms with Crippen LogP contribution in [0, 0.1) is 5.92 Å². The molecule has 0 bridgehead atoms. The third kappa shape index (κ3) is 2.88. The molecule has 2 heterocycles. The molecule has 0 saturated carbocycles. The summed E-state index contributed by atoms with van der Waals surface area (Å²) in [6.45, 7) is 4.83. The predicted molar refractivity (Wildman–Crippen MR) is 72.6 cm³/mol. The zero-order valence-electron chi connectivity index (χ0n) is 12.3. The number of amides is 2. The van der Waals surface area contributed by atoms with Gasteiger partial charge in [-0.2, -0.15) is 0 Å². The zero-order valence-corrected chi connectivity index (χ0v) is 12.3. The van der Waals surface area contributed by atoms with E-state index in [1.54, 1.807) is 7.05 Å². The van der Waals surface area contributed by atoms with Gasteiger partial charge in [-0.15, -0.1) is 0 Å². The number of urea groups is 1. The normalized spacial score (nSPS) is 31.4. The molecule has 20 heavy (non-hydrogen) atoms. The third-order valence-electron chi connectivity index (χ3n) is 4.24. The van der Waals surface area contributed by atoms with Gasteiger partial charge < -0.3 is 24.5 Å². The predicted octanol–water partition coefficient (Wildman–Crippen LogP) is -0.226. The van der Waals surface area contributed by atoms with Crippen molar-refractivity contribution in [3.8, 4) is 0 Å². The molecule has 2 aliphatic heterocycles. The van der Waals surface area contributed by atoms with Gasteiger partial charge in [0.1, 0.15) is 5.92 Å². The molecule has 0 radical (unpaired) electrons. The second-order valence-corrected chi connectivity index (χ2v) is 5.75. The van der Waals surface area contributed by atoms with E-state index in [9.17, 15) is 14.7 Å². The molecule has 2 fully saturated rings. The third-order valence-corrected chi connectivity index (χ3v) is 4.24. The van der Waals surface area contributed by atoms with Crippen molar-refractivity contribution in [1.29, 1.82) is 0 Å². The van der Waals surface area contributed by atoms with E-state index < -0.39 is 11.9 Å². The van der Waals surface area contributed by atoms with Gasteiger partial charge in [-0.25, -0.2) is 4.79 Å². The second-order valence-electron chi connectivity index (χ2n) is 5.75. The Bertz CT molecular complexity index is 390. The standard InChI is InChI=1S/C13H23N3O4/c1-9-6-14(2)4-5-16(9)13(19)15(3)11-8-20-7-10(11)12(17)18/h9-11H,4-8H2,1-3H3,(H,17,18). The highest BCUT2D eigenvalue weighted by Crippen LogP contribution is 2.21. The first kappa shape index (κ1) is 15.1. The summed E-state index contributed by atoms with van der Waals surface area (Å²) in [6, 6.07) is -0.353. The average molecular weight is 285 g/mol. The van der Waals surface area contributed by atoms with Crippen LogP contribution in [0.4, 0.5) is 4.79 Å². The first-order chi connectivity index (χ1) is 9.41. The lowest BCUT2D eigenvalue weighted by atomic mass is 10.0. The summed E-state index contributed by atoms with van der Waals surface area (Å²) in [7, 11) is 3.70. The minimum absolute atomic E-state index is 0.104. The lowest BCUT2D eigenvalue weighted by Crippen LogP contribution is -2.58. The van der Waals surface area contributed by atoms with Crippen LogP contribution in [-0.2, 0) is 9.53 Å². The van der Waals surface area contributed by atoms with Crippen molar-refractivity contribution in [2.75, 3.05) is 46.9 Å². The Balaban J connectivity index is 2.03. The molecule has 1 N–H and O–H groups in total. The van der Waals surface area contributed by atoms with E-state index in [1.807, 2.05) is 18.9 Å². The topological polar surface area (TPSA) is 73.3 Å². The number of carbonyl (C=O) groups excluding carboxylic acids is 1. The van der Waals surface area contributed by atoms with Crippen LogP contribution >= 0.6 is 0 Å². The Morgan fingerprint density at radius 2 is 2.00 bits per heavy atom. The molecule has 7 nitrogen and oxygen atoms in total. The molecule has 3 unspecified atom stereocenters. The summed E-state index contributed by atoms with van der Waals surface area (Å²) in [4.78, 5) is 29.3. The van der Waals surface area contributed by atoms with E-state index >= 15 is 0 Å². The molecule has 7 heteroatoms. The average Bonchev–Trinajstić information content (AvgIpc) is 2.86. The van der Waals surface area contributed by atoms with Crippen LogP contribution in [0.25, 0.3) is 0 Å². The number of nitrogens with zero attached hydrogens (tertiary/aromatic N) is 3. The minimum Gasteiger partial charge on any atom is -0.481 e.